The largest absolute Gasteiger partial charge is 0.333 e. The zero-order valence-corrected chi connectivity index (χ0v) is 20.1. The van der Waals surface area contributed by atoms with Gasteiger partial charge in [-0.25, -0.2) is 12.8 Å². The minimum absolute atomic E-state index is 0.0874. The van der Waals surface area contributed by atoms with Gasteiger partial charge in [0.2, 0.25) is 0 Å². The fourth-order valence-electron chi connectivity index (χ4n) is 4.04. The van der Waals surface area contributed by atoms with Gasteiger partial charge in [0, 0.05) is 31.7 Å². The molecule has 0 saturated carbocycles. The third-order valence-corrected chi connectivity index (χ3v) is 7.71. The second-order valence-corrected chi connectivity index (χ2v) is 10.5. The molecule has 0 aromatic heterocycles. The third kappa shape index (κ3) is 5.13. The number of sulfonamides is 1. The number of amides is 1. The Hall–Kier alpha value is -3.23. The molecule has 34 heavy (non-hydrogen) atoms. The van der Waals surface area contributed by atoms with Gasteiger partial charge in [0.05, 0.1) is 10.6 Å². The third-order valence-electron chi connectivity index (χ3n) is 5.90. The van der Waals surface area contributed by atoms with Crippen LogP contribution in [0.4, 0.5) is 10.1 Å². The van der Waals surface area contributed by atoms with E-state index in [-0.39, 0.29) is 16.6 Å². The van der Waals surface area contributed by atoms with Crippen molar-refractivity contribution in [1.82, 2.24) is 9.80 Å². The molecule has 0 radical (unpaired) electrons. The SMILES string of the molecule is CN(C)CCN(Cc1ccc(F)cc1)C(=O)c1cccc(S(=O)(=O)N2CCc3ccccc32)c1. The van der Waals surface area contributed by atoms with E-state index in [1.807, 2.05) is 37.2 Å². The van der Waals surface area contributed by atoms with E-state index in [9.17, 15) is 17.6 Å². The molecule has 0 aliphatic carbocycles. The van der Waals surface area contributed by atoms with Gasteiger partial charge < -0.3 is 9.80 Å². The standard InChI is InChI=1S/C26H28FN3O3S/c1-28(2)16-17-29(19-20-10-12-23(27)13-11-20)26(31)22-7-5-8-24(18-22)34(32,33)30-15-14-21-6-3-4-9-25(21)30/h3-13,18H,14-17,19H2,1-2H3. The number of carbonyl (C=O) groups excluding carboxylic acids is 1. The summed E-state index contributed by atoms with van der Waals surface area (Å²) in [5, 5.41) is 0. The van der Waals surface area contributed by atoms with Gasteiger partial charge in [-0.2, -0.15) is 0 Å². The molecule has 8 heteroatoms. The first-order valence-corrected chi connectivity index (χ1v) is 12.6. The summed E-state index contributed by atoms with van der Waals surface area (Å²) < 4.78 is 41.6. The van der Waals surface area contributed by atoms with Gasteiger partial charge in [-0.05, 0) is 68.0 Å². The molecule has 0 N–H and O–H groups in total. The maximum absolute atomic E-state index is 13.5. The van der Waals surface area contributed by atoms with Crippen LogP contribution < -0.4 is 4.31 Å². The number of carbonyl (C=O) groups is 1. The molecular formula is C26H28FN3O3S. The molecule has 1 aliphatic rings. The summed E-state index contributed by atoms with van der Waals surface area (Å²) in [5.41, 5.74) is 2.77. The van der Waals surface area contributed by atoms with Crippen LogP contribution >= 0.6 is 0 Å². The number of benzene rings is 3. The van der Waals surface area contributed by atoms with Gasteiger partial charge in [-0.1, -0.05) is 36.4 Å². The van der Waals surface area contributed by atoms with Crippen molar-refractivity contribution >= 4 is 21.6 Å². The Morgan fingerprint density at radius 3 is 2.44 bits per heavy atom. The Bertz CT molecular complexity index is 1280. The van der Waals surface area contributed by atoms with Crippen molar-refractivity contribution in [3.05, 3.63) is 95.3 Å². The number of anilines is 1. The smallest absolute Gasteiger partial charge is 0.264 e. The maximum Gasteiger partial charge on any atom is 0.264 e. The van der Waals surface area contributed by atoms with E-state index in [1.54, 1.807) is 35.2 Å². The number of hydrogen-bond donors (Lipinski definition) is 0. The van der Waals surface area contributed by atoms with Gasteiger partial charge in [-0.15, -0.1) is 0 Å². The van der Waals surface area contributed by atoms with E-state index in [4.69, 9.17) is 0 Å². The Morgan fingerprint density at radius 1 is 0.971 bits per heavy atom. The second kappa shape index (κ2) is 9.95. The first-order valence-electron chi connectivity index (χ1n) is 11.1. The van der Waals surface area contributed by atoms with Gasteiger partial charge in [-0.3, -0.25) is 9.10 Å². The number of rotatable bonds is 8. The molecule has 0 unspecified atom stereocenters. The highest BCUT2D eigenvalue weighted by Crippen LogP contribution is 2.32. The number of likely N-dealkylation sites (N-methyl/N-ethyl adjacent to an activating group) is 1. The normalized spacial score (nSPS) is 13.2. The molecule has 3 aromatic carbocycles. The van der Waals surface area contributed by atoms with E-state index >= 15 is 0 Å². The minimum atomic E-state index is -3.81. The first kappa shape index (κ1) is 23.9. The minimum Gasteiger partial charge on any atom is -0.333 e. The van der Waals surface area contributed by atoms with Gasteiger partial charge in [0.15, 0.2) is 0 Å². The van der Waals surface area contributed by atoms with Crippen LogP contribution in [0.1, 0.15) is 21.5 Å². The van der Waals surface area contributed by atoms with Crippen LogP contribution in [0, 0.1) is 5.82 Å². The van der Waals surface area contributed by atoms with E-state index in [2.05, 4.69) is 0 Å². The van der Waals surface area contributed by atoms with Crippen LogP contribution in [0.3, 0.4) is 0 Å². The fourth-order valence-corrected chi connectivity index (χ4v) is 5.59. The average molecular weight is 482 g/mol. The highest BCUT2D eigenvalue weighted by atomic mass is 32.2. The Morgan fingerprint density at radius 2 is 1.71 bits per heavy atom. The number of halogens is 1. The second-order valence-electron chi connectivity index (χ2n) is 8.64. The molecule has 0 saturated heterocycles. The van der Waals surface area contributed by atoms with Crippen LogP contribution in [0.5, 0.6) is 0 Å². The van der Waals surface area contributed by atoms with E-state index in [0.717, 1.165) is 11.1 Å². The fraction of sp³-hybridized carbons (Fsp3) is 0.269. The lowest BCUT2D eigenvalue weighted by Gasteiger charge is -2.25. The molecule has 6 nitrogen and oxygen atoms in total. The topological polar surface area (TPSA) is 60.9 Å². The quantitative estimate of drug-likeness (QED) is 0.491. The molecule has 0 spiro atoms. The molecular weight excluding hydrogens is 453 g/mol. The average Bonchev–Trinajstić information content (AvgIpc) is 3.27. The predicted octanol–water partition coefficient (Wildman–Crippen LogP) is 3.78. The lowest BCUT2D eigenvalue weighted by Crippen LogP contribution is -2.36. The molecule has 4 rings (SSSR count). The van der Waals surface area contributed by atoms with Gasteiger partial charge in [0.25, 0.3) is 15.9 Å². The van der Waals surface area contributed by atoms with Crippen LogP contribution in [0.25, 0.3) is 0 Å². The van der Waals surface area contributed by atoms with Gasteiger partial charge >= 0.3 is 0 Å². The van der Waals surface area contributed by atoms with Crippen molar-refractivity contribution in [3.63, 3.8) is 0 Å². The summed E-state index contributed by atoms with van der Waals surface area (Å²) in [6, 6.07) is 19.7. The van der Waals surface area contributed by atoms with Crippen molar-refractivity contribution in [2.45, 2.75) is 17.9 Å². The Kier molecular flexibility index (Phi) is 7.00. The summed E-state index contributed by atoms with van der Waals surface area (Å²) in [6.07, 6.45) is 0.657. The van der Waals surface area contributed by atoms with Crippen LogP contribution in [-0.2, 0) is 23.0 Å². The molecule has 1 aliphatic heterocycles. The number of nitrogens with zero attached hydrogens (tertiary/aromatic N) is 3. The summed E-state index contributed by atoms with van der Waals surface area (Å²) >= 11 is 0. The lowest BCUT2D eigenvalue weighted by molar-refractivity contribution is 0.0731. The van der Waals surface area contributed by atoms with E-state index in [0.29, 0.717) is 43.9 Å². The summed E-state index contributed by atoms with van der Waals surface area (Å²) in [4.78, 5) is 17.2. The lowest BCUT2D eigenvalue weighted by atomic mass is 10.1. The number of hydrogen-bond acceptors (Lipinski definition) is 4. The molecule has 178 valence electrons. The molecule has 0 fully saturated rings. The summed E-state index contributed by atoms with van der Waals surface area (Å²) in [6.45, 7) is 1.75. The van der Waals surface area contributed by atoms with Gasteiger partial charge in [0.1, 0.15) is 5.82 Å². The van der Waals surface area contributed by atoms with Crippen molar-refractivity contribution in [3.8, 4) is 0 Å². The predicted molar refractivity (Wildman–Crippen MR) is 131 cm³/mol. The highest BCUT2D eigenvalue weighted by molar-refractivity contribution is 7.92. The number of fused-ring (bicyclic) bond motifs is 1. The van der Waals surface area contributed by atoms with Crippen LogP contribution in [-0.4, -0.2) is 57.9 Å². The first-order chi connectivity index (χ1) is 16.3. The maximum atomic E-state index is 13.5. The Balaban J connectivity index is 1.61. The van der Waals surface area contributed by atoms with Crippen LogP contribution in [0.2, 0.25) is 0 Å². The summed E-state index contributed by atoms with van der Waals surface area (Å²) in [5.74, 6) is -0.610. The molecule has 0 bridgehead atoms. The zero-order valence-electron chi connectivity index (χ0n) is 19.3. The zero-order chi connectivity index (χ0) is 24.3. The van der Waals surface area contributed by atoms with Crippen molar-refractivity contribution in [1.29, 1.82) is 0 Å². The van der Waals surface area contributed by atoms with Crippen molar-refractivity contribution < 1.29 is 17.6 Å². The van der Waals surface area contributed by atoms with Crippen molar-refractivity contribution in [2.75, 3.05) is 38.0 Å². The monoisotopic (exact) mass is 481 g/mol. The van der Waals surface area contributed by atoms with E-state index < -0.39 is 10.0 Å². The van der Waals surface area contributed by atoms with Crippen molar-refractivity contribution in [2.24, 2.45) is 0 Å². The molecule has 1 heterocycles. The highest BCUT2D eigenvalue weighted by Gasteiger charge is 2.31. The van der Waals surface area contributed by atoms with Crippen LogP contribution in [0.15, 0.2) is 77.7 Å². The van der Waals surface area contributed by atoms with E-state index in [1.165, 1.54) is 28.6 Å². The molecule has 1 amide bonds. The number of para-hydroxylation sites is 1. The Labute approximate surface area is 200 Å². The molecule has 0 atom stereocenters. The molecule has 3 aromatic rings. The summed E-state index contributed by atoms with van der Waals surface area (Å²) in [7, 11) is 0.0261.